The van der Waals surface area contributed by atoms with Gasteiger partial charge in [0.2, 0.25) is 4.90 Å². The third-order valence-corrected chi connectivity index (χ3v) is 4.56. The molecule has 0 N–H and O–H groups in total. The number of likely N-dealkylation sites (N-methyl/N-ethyl adjacent to an activating group) is 1. The van der Waals surface area contributed by atoms with Crippen molar-refractivity contribution >= 4 is 23.4 Å². The van der Waals surface area contributed by atoms with Crippen LogP contribution in [0.15, 0.2) is 27.5 Å². The van der Waals surface area contributed by atoms with Crippen LogP contribution in [0.3, 0.4) is 0 Å². The Kier molecular flexibility index (Phi) is 5.93. The molecule has 2 rings (SSSR count). The van der Waals surface area contributed by atoms with Crippen LogP contribution in [-0.2, 0) is 11.4 Å². The van der Waals surface area contributed by atoms with Crippen molar-refractivity contribution in [3.8, 4) is 5.75 Å². The summed E-state index contributed by atoms with van der Waals surface area (Å²) in [7, 11) is 7.40. The summed E-state index contributed by atoms with van der Waals surface area (Å²) in [6.45, 7) is 4.00. The van der Waals surface area contributed by atoms with Gasteiger partial charge in [-0.3, -0.25) is 0 Å². The maximum atomic E-state index is 12.4. The van der Waals surface area contributed by atoms with Gasteiger partial charge in [0.1, 0.15) is 17.7 Å². The van der Waals surface area contributed by atoms with Crippen LogP contribution in [0.5, 0.6) is 5.75 Å². The number of ether oxygens (including phenoxy) is 1. The minimum absolute atomic E-state index is 0.604. The number of rotatable bonds is 5. The Morgan fingerprint density at radius 1 is 1.27 bits per heavy atom. The van der Waals surface area contributed by atoms with E-state index in [9.17, 15) is 4.55 Å². The molecule has 0 amide bonds. The van der Waals surface area contributed by atoms with E-state index in [0.717, 1.165) is 31.9 Å². The zero-order chi connectivity index (χ0) is 16.1. The first-order chi connectivity index (χ1) is 10.5. The Morgan fingerprint density at radius 2 is 1.95 bits per heavy atom. The fourth-order valence-corrected chi connectivity index (χ4v) is 3.19. The molecule has 1 aromatic carbocycles. The number of hydrogen-bond acceptors (Lipinski definition) is 5. The minimum Gasteiger partial charge on any atom is -0.586 e. The molecule has 0 aliphatic carbocycles. The van der Waals surface area contributed by atoms with Crippen LogP contribution >= 0.6 is 0 Å². The van der Waals surface area contributed by atoms with E-state index >= 15 is 0 Å². The van der Waals surface area contributed by atoms with E-state index in [1.165, 1.54) is 0 Å². The van der Waals surface area contributed by atoms with Crippen LogP contribution in [0.25, 0.3) is 0 Å². The summed E-state index contributed by atoms with van der Waals surface area (Å²) >= 11 is -1.47. The maximum absolute atomic E-state index is 12.4. The summed E-state index contributed by atoms with van der Waals surface area (Å²) in [5.41, 5.74) is 1.07. The molecule has 1 unspecified atom stereocenters. The first-order valence-electron chi connectivity index (χ1n) is 7.25. The van der Waals surface area contributed by atoms with E-state index < -0.39 is 11.4 Å². The van der Waals surface area contributed by atoms with Gasteiger partial charge in [-0.05, 0) is 23.6 Å². The molecule has 0 aromatic heterocycles. The van der Waals surface area contributed by atoms with Crippen molar-refractivity contribution in [2.45, 2.75) is 4.90 Å². The number of methoxy groups -OCH3 is 1. The Morgan fingerprint density at radius 3 is 2.55 bits per heavy atom. The van der Waals surface area contributed by atoms with Crippen LogP contribution < -0.4 is 9.64 Å². The third-order valence-electron chi connectivity index (χ3n) is 3.58. The number of piperazine rings is 1. The van der Waals surface area contributed by atoms with Gasteiger partial charge in [0.05, 0.1) is 7.11 Å². The van der Waals surface area contributed by atoms with E-state index in [0.29, 0.717) is 10.6 Å². The zero-order valence-electron chi connectivity index (χ0n) is 13.7. The molecule has 1 saturated heterocycles. The highest BCUT2D eigenvalue weighted by atomic mass is 32.2. The predicted molar refractivity (Wildman–Crippen MR) is 91.3 cm³/mol. The molecule has 1 aliphatic rings. The molecule has 1 aromatic rings. The number of anilines is 1. The van der Waals surface area contributed by atoms with Crippen molar-refractivity contribution in [1.82, 2.24) is 9.80 Å². The fraction of sp³-hybridized carbons (Fsp3) is 0.533. The van der Waals surface area contributed by atoms with E-state index in [1.807, 2.05) is 32.3 Å². The highest BCUT2D eigenvalue weighted by Gasteiger charge is 2.21. The standard InChI is InChI=1S/C15H24N4O2S/c1-17(2)12-16-22(20)15-11-13(5-6-14(15)21-4)19-9-7-18(3)8-10-19/h5-6,11-12H,7-10H2,1-4H3/b16-12+. The van der Waals surface area contributed by atoms with E-state index in [1.54, 1.807) is 18.3 Å². The molecule has 122 valence electrons. The molecular formula is C15H24N4O2S. The summed E-state index contributed by atoms with van der Waals surface area (Å²) < 4.78 is 21.8. The van der Waals surface area contributed by atoms with Gasteiger partial charge >= 0.3 is 0 Å². The lowest BCUT2D eigenvalue weighted by Crippen LogP contribution is -2.44. The fourth-order valence-electron chi connectivity index (χ4n) is 2.26. The Labute approximate surface area is 135 Å². The average molecular weight is 324 g/mol. The second kappa shape index (κ2) is 7.71. The van der Waals surface area contributed by atoms with Crippen LogP contribution in [0.1, 0.15) is 0 Å². The number of benzene rings is 1. The second-order valence-electron chi connectivity index (χ2n) is 5.56. The first kappa shape index (κ1) is 16.9. The molecule has 0 radical (unpaired) electrons. The van der Waals surface area contributed by atoms with E-state index in [2.05, 4.69) is 21.2 Å². The van der Waals surface area contributed by atoms with Gasteiger partial charge in [-0.1, -0.05) is 0 Å². The Balaban J connectivity index is 2.22. The van der Waals surface area contributed by atoms with Crippen molar-refractivity contribution in [3.05, 3.63) is 18.2 Å². The van der Waals surface area contributed by atoms with E-state index in [4.69, 9.17) is 4.74 Å². The van der Waals surface area contributed by atoms with Gasteiger partial charge in [0, 0.05) is 52.0 Å². The van der Waals surface area contributed by atoms with Gasteiger partial charge in [0.15, 0.2) is 5.75 Å². The minimum atomic E-state index is -1.47. The first-order valence-corrected chi connectivity index (χ1v) is 8.36. The third kappa shape index (κ3) is 4.28. The smallest absolute Gasteiger partial charge is 0.226 e. The van der Waals surface area contributed by atoms with Gasteiger partial charge in [-0.15, -0.1) is 0 Å². The zero-order valence-corrected chi connectivity index (χ0v) is 14.5. The van der Waals surface area contributed by atoms with Crippen molar-refractivity contribution in [3.63, 3.8) is 0 Å². The van der Waals surface area contributed by atoms with Crippen molar-refractivity contribution < 1.29 is 9.29 Å². The molecular weight excluding hydrogens is 300 g/mol. The lowest BCUT2D eigenvalue weighted by atomic mass is 10.2. The van der Waals surface area contributed by atoms with Crippen LogP contribution in [0.2, 0.25) is 0 Å². The van der Waals surface area contributed by atoms with Crippen molar-refractivity contribution in [1.29, 1.82) is 0 Å². The largest absolute Gasteiger partial charge is 0.586 e. The molecule has 0 saturated carbocycles. The molecule has 1 fully saturated rings. The van der Waals surface area contributed by atoms with Crippen molar-refractivity contribution in [2.24, 2.45) is 4.40 Å². The summed E-state index contributed by atoms with van der Waals surface area (Å²) in [6, 6.07) is 5.81. The summed E-state index contributed by atoms with van der Waals surface area (Å²) in [5.74, 6) is 0.604. The SMILES string of the molecule is COc1ccc(N2CCN(C)CC2)cc1[S+]([O-])/N=C/N(C)C. The summed E-state index contributed by atoms with van der Waals surface area (Å²) in [4.78, 5) is 6.97. The lowest BCUT2D eigenvalue weighted by molar-refractivity contribution is 0.312. The molecule has 0 bridgehead atoms. The quantitative estimate of drug-likeness (QED) is 0.460. The highest BCUT2D eigenvalue weighted by molar-refractivity contribution is 7.90. The molecule has 7 heteroatoms. The normalized spacial score (nSPS) is 17.8. The molecule has 6 nitrogen and oxygen atoms in total. The number of nitrogens with zero attached hydrogens (tertiary/aromatic N) is 4. The molecule has 1 atom stereocenters. The Bertz CT molecular complexity index is 516. The van der Waals surface area contributed by atoms with Gasteiger partial charge in [-0.25, -0.2) is 0 Å². The van der Waals surface area contributed by atoms with Crippen LogP contribution in [0.4, 0.5) is 5.69 Å². The van der Waals surface area contributed by atoms with Crippen LogP contribution in [0, 0.1) is 0 Å². The average Bonchev–Trinajstić information content (AvgIpc) is 2.52. The monoisotopic (exact) mass is 324 g/mol. The molecule has 1 heterocycles. The maximum Gasteiger partial charge on any atom is 0.226 e. The summed E-state index contributed by atoms with van der Waals surface area (Å²) in [6.07, 6.45) is 1.55. The van der Waals surface area contributed by atoms with Crippen molar-refractivity contribution in [2.75, 3.05) is 59.3 Å². The molecule has 22 heavy (non-hydrogen) atoms. The predicted octanol–water partition coefficient (Wildman–Crippen LogP) is 1.06. The van der Waals surface area contributed by atoms with Crippen LogP contribution in [-0.4, -0.2) is 75.1 Å². The second-order valence-corrected chi connectivity index (χ2v) is 6.71. The lowest BCUT2D eigenvalue weighted by Gasteiger charge is -2.34. The molecule has 1 aliphatic heterocycles. The molecule has 0 spiro atoms. The van der Waals surface area contributed by atoms with Gasteiger partial charge < -0.3 is 24.0 Å². The highest BCUT2D eigenvalue weighted by Crippen LogP contribution is 2.30. The van der Waals surface area contributed by atoms with Gasteiger partial charge in [0.25, 0.3) is 0 Å². The summed E-state index contributed by atoms with van der Waals surface area (Å²) in [5, 5.41) is 0. The number of hydrogen-bond donors (Lipinski definition) is 0. The van der Waals surface area contributed by atoms with E-state index in [-0.39, 0.29) is 0 Å². The Hall–Kier alpha value is -1.44. The topological polar surface area (TPSA) is 54.4 Å². The van der Waals surface area contributed by atoms with Gasteiger partial charge in [-0.2, -0.15) is 0 Å².